The Bertz CT molecular complexity index is 1080. The lowest BCUT2D eigenvalue weighted by molar-refractivity contribution is -0.121. The van der Waals surface area contributed by atoms with Gasteiger partial charge in [-0.15, -0.1) is 0 Å². The topological polar surface area (TPSA) is 173 Å². The predicted molar refractivity (Wildman–Crippen MR) is 108 cm³/mol. The molecule has 0 unspecified atom stereocenters. The van der Waals surface area contributed by atoms with E-state index in [1.165, 1.54) is 0 Å². The molecule has 1 amide bonds. The molecule has 0 aliphatic carbocycles. The third-order valence-corrected chi connectivity index (χ3v) is 5.72. The van der Waals surface area contributed by atoms with Gasteiger partial charge in [0.15, 0.2) is 16.6 Å². The number of sulfonamides is 1. The Hall–Kier alpha value is -2.69. The number of thioether (sulfide) groups is 1. The number of nitrogens with two attached hydrogens (primary N) is 1. The fourth-order valence-electron chi connectivity index (χ4n) is 2.28. The fraction of sp³-hybridized carbons (Fsp3) is 0.375. The van der Waals surface area contributed by atoms with Gasteiger partial charge in [-0.05, 0) is 35.4 Å². The van der Waals surface area contributed by atoms with Crippen molar-refractivity contribution < 1.29 is 36.2 Å². The van der Waals surface area contributed by atoms with E-state index in [9.17, 15) is 31.6 Å². The van der Waals surface area contributed by atoms with Gasteiger partial charge in [-0.2, -0.15) is 0 Å². The van der Waals surface area contributed by atoms with Crippen LogP contribution in [0.4, 0.5) is 18.9 Å². The molecule has 0 aliphatic rings. The average molecular weight is 496 g/mol. The molecular weight excluding hydrogens is 477 g/mol. The first kappa shape index (κ1) is 25.6. The minimum atomic E-state index is -3.76. The second kappa shape index (κ2) is 11.3. The number of carbonyl (C=O) groups excluding carboxylic acids is 1. The molecule has 16 heteroatoms. The van der Waals surface area contributed by atoms with Crippen LogP contribution in [0.5, 0.6) is 0 Å². The van der Waals surface area contributed by atoms with Crippen molar-refractivity contribution in [1.29, 1.82) is 0 Å². The summed E-state index contributed by atoms with van der Waals surface area (Å²) in [7, 11) is -3.76. The van der Waals surface area contributed by atoms with Crippen molar-refractivity contribution in [2.45, 2.75) is 30.8 Å². The van der Waals surface area contributed by atoms with Gasteiger partial charge in [0.05, 0.1) is 17.0 Å². The Morgan fingerprint density at radius 3 is 2.72 bits per heavy atom. The molecule has 2 rings (SSSR count). The van der Waals surface area contributed by atoms with Gasteiger partial charge in [0.2, 0.25) is 15.9 Å². The summed E-state index contributed by atoms with van der Waals surface area (Å²) in [5, 5.41) is 24.2. The van der Waals surface area contributed by atoms with Gasteiger partial charge in [0.25, 0.3) is 6.43 Å². The van der Waals surface area contributed by atoms with Crippen LogP contribution in [-0.2, 0) is 14.8 Å². The van der Waals surface area contributed by atoms with Crippen LogP contribution < -0.4 is 15.9 Å². The number of carbonyl (C=O) groups is 1. The molecule has 32 heavy (non-hydrogen) atoms. The lowest BCUT2D eigenvalue weighted by atomic mass is 10.2. The molecule has 1 aromatic carbocycles. The number of hydroxylamine groups is 1. The first-order valence-electron chi connectivity index (χ1n) is 8.82. The molecule has 1 aromatic heterocycles. The van der Waals surface area contributed by atoms with Gasteiger partial charge < -0.3 is 5.32 Å². The van der Waals surface area contributed by atoms with E-state index in [2.05, 4.69) is 25.3 Å². The summed E-state index contributed by atoms with van der Waals surface area (Å²) < 4.78 is 65.7. The van der Waals surface area contributed by atoms with E-state index in [4.69, 9.17) is 5.14 Å². The predicted octanol–water partition coefficient (Wildman–Crippen LogP) is 1.48. The van der Waals surface area contributed by atoms with E-state index in [1.807, 2.05) is 0 Å². The zero-order valence-corrected chi connectivity index (χ0v) is 18.1. The maximum atomic E-state index is 13.5. The second-order valence-electron chi connectivity index (χ2n) is 6.39. The molecule has 0 radical (unpaired) electrons. The van der Waals surface area contributed by atoms with Crippen LogP contribution in [0.2, 0.25) is 0 Å². The van der Waals surface area contributed by atoms with Gasteiger partial charge in [-0.3, -0.25) is 15.5 Å². The van der Waals surface area contributed by atoms with Crippen molar-refractivity contribution in [3.8, 4) is 0 Å². The standard InChI is InChI=1S/C16H19F3N6O5S2/c1-8(21-12(26)4-5-32(20,28)29)7-31-16-13(24-30-25-16)15(23-27)22-9-2-3-11(17)10(6-9)14(18)19/h2-3,6,8,14,27H,4-5,7H2,1H3,(H,21,26)(H,22,23)(H2,20,28,29)/t8-/m0/s1. The number of rotatable bonds is 10. The third-order valence-electron chi connectivity index (χ3n) is 3.74. The highest BCUT2D eigenvalue weighted by Crippen LogP contribution is 2.27. The average Bonchev–Trinajstić information content (AvgIpc) is 3.18. The summed E-state index contributed by atoms with van der Waals surface area (Å²) in [6, 6.07) is 2.33. The van der Waals surface area contributed by atoms with E-state index >= 15 is 0 Å². The van der Waals surface area contributed by atoms with E-state index in [0.717, 1.165) is 30.0 Å². The number of aliphatic imine (C=N–C) groups is 1. The van der Waals surface area contributed by atoms with Crippen LogP contribution >= 0.6 is 11.8 Å². The normalized spacial score (nSPS) is 13.3. The summed E-state index contributed by atoms with van der Waals surface area (Å²) in [5.74, 6) is -2.17. The van der Waals surface area contributed by atoms with Crippen LogP contribution in [-0.4, -0.2) is 53.2 Å². The van der Waals surface area contributed by atoms with E-state index in [1.54, 1.807) is 12.4 Å². The molecule has 1 atom stereocenters. The number of hydrogen-bond donors (Lipinski definition) is 4. The number of amidine groups is 1. The molecule has 0 aliphatic heterocycles. The van der Waals surface area contributed by atoms with Crippen molar-refractivity contribution in [2.24, 2.45) is 10.1 Å². The largest absolute Gasteiger partial charge is 0.353 e. The summed E-state index contributed by atoms with van der Waals surface area (Å²) in [5.41, 5.74) is 0.752. The van der Waals surface area contributed by atoms with E-state index < -0.39 is 45.5 Å². The SMILES string of the molecule is C[C@@H](CSc1nonc1C(=Nc1ccc(F)c(C(F)F)c1)NO)NC(=O)CCS(N)(=O)=O. The Morgan fingerprint density at radius 2 is 2.09 bits per heavy atom. The Labute approximate surface area is 184 Å². The first-order valence-corrected chi connectivity index (χ1v) is 11.5. The van der Waals surface area contributed by atoms with Crippen LogP contribution in [0.15, 0.2) is 32.8 Å². The first-order chi connectivity index (χ1) is 15.0. The Morgan fingerprint density at radius 1 is 1.38 bits per heavy atom. The number of nitrogens with zero attached hydrogens (tertiary/aromatic N) is 3. The maximum absolute atomic E-state index is 13.5. The minimum Gasteiger partial charge on any atom is -0.353 e. The van der Waals surface area contributed by atoms with E-state index in [-0.39, 0.29) is 34.4 Å². The molecule has 0 saturated heterocycles. The van der Waals surface area contributed by atoms with Crippen molar-refractivity contribution in [1.82, 2.24) is 21.1 Å². The number of halogens is 3. The van der Waals surface area contributed by atoms with Gasteiger partial charge in [0.1, 0.15) is 5.82 Å². The molecule has 0 spiro atoms. The zero-order valence-electron chi connectivity index (χ0n) is 16.5. The summed E-state index contributed by atoms with van der Waals surface area (Å²) in [6.45, 7) is 1.65. The van der Waals surface area contributed by atoms with Crippen LogP contribution in [0.25, 0.3) is 0 Å². The molecule has 176 valence electrons. The zero-order chi connectivity index (χ0) is 23.9. The number of nitrogens with one attached hydrogen (secondary N) is 2. The monoisotopic (exact) mass is 496 g/mol. The molecule has 0 saturated carbocycles. The number of hydrogen-bond acceptors (Lipinski definition) is 9. The van der Waals surface area contributed by atoms with Gasteiger partial charge in [0, 0.05) is 18.2 Å². The van der Waals surface area contributed by atoms with Crippen molar-refractivity contribution in [2.75, 3.05) is 11.5 Å². The number of amides is 1. The Balaban J connectivity index is 2.07. The Kier molecular flexibility index (Phi) is 8.99. The van der Waals surface area contributed by atoms with Crippen LogP contribution in [0, 0.1) is 5.82 Å². The minimum absolute atomic E-state index is 0.0619. The smallest absolute Gasteiger partial charge is 0.266 e. The maximum Gasteiger partial charge on any atom is 0.266 e. The molecule has 1 heterocycles. The molecule has 11 nitrogen and oxygen atoms in total. The van der Waals surface area contributed by atoms with Gasteiger partial charge in [-0.25, -0.2) is 36.3 Å². The highest BCUT2D eigenvalue weighted by molar-refractivity contribution is 7.99. The van der Waals surface area contributed by atoms with E-state index in [0.29, 0.717) is 0 Å². The number of aromatic nitrogens is 2. The summed E-state index contributed by atoms with van der Waals surface area (Å²) in [4.78, 5) is 15.7. The molecule has 5 N–H and O–H groups in total. The highest BCUT2D eigenvalue weighted by atomic mass is 32.2. The van der Waals surface area contributed by atoms with Gasteiger partial charge in [-0.1, -0.05) is 11.8 Å². The van der Waals surface area contributed by atoms with Gasteiger partial charge >= 0.3 is 0 Å². The molecule has 2 aromatic rings. The molecule has 0 fully saturated rings. The lowest BCUT2D eigenvalue weighted by Crippen LogP contribution is -2.35. The lowest BCUT2D eigenvalue weighted by Gasteiger charge is -2.12. The number of benzene rings is 1. The fourth-order valence-corrected chi connectivity index (χ4v) is 3.59. The summed E-state index contributed by atoms with van der Waals surface area (Å²) >= 11 is 1.06. The van der Waals surface area contributed by atoms with Crippen LogP contribution in [0.3, 0.4) is 0 Å². The number of alkyl halides is 2. The molecule has 0 bridgehead atoms. The highest BCUT2D eigenvalue weighted by Gasteiger charge is 2.20. The molecular formula is C16H19F3N6O5S2. The van der Waals surface area contributed by atoms with Crippen molar-refractivity contribution >= 4 is 39.2 Å². The second-order valence-corrected chi connectivity index (χ2v) is 9.14. The van der Waals surface area contributed by atoms with Crippen LogP contribution in [0.1, 0.15) is 31.0 Å². The number of primary sulfonamides is 1. The van der Waals surface area contributed by atoms with Crippen molar-refractivity contribution in [3.05, 3.63) is 35.3 Å². The quantitative estimate of drug-likeness (QED) is 0.164. The summed E-state index contributed by atoms with van der Waals surface area (Å²) in [6.07, 6.45) is -3.36. The third kappa shape index (κ3) is 7.77. The van der Waals surface area contributed by atoms with Crippen molar-refractivity contribution in [3.63, 3.8) is 0 Å².